The zero-order valence-electron chi connectivity index (χ0n) is 8.65. The summed E-state index contributed by atoms with van der Waals surface area (Å²) in [5.74, 6) is 1.50. The summed E-state index contributed by atoms with van der Waals surface area (Å²) in [5.41, 5.74) is 0.276. The second-order valence-corrected chi connectivity index (χ2v) is 4.40. The van der Waals surface area contributed by atoms with Crippen LogP contribution in [0.15, 0.2) is 24.8 Å². The molecule has 4 nitrogen and oxygen atoms in total. The summed E-state index contributed by atoms with van der Waals surface area (Å²) < 4.78 is 0. The average molecular weight is 258 g/mol. The summed E-state index contributed by atoms with van der Waals surface area (Å²) in [6, 6.07) is 3.08. The summed E-state index contributed by atoms with van der Waals surface area (Å²) in [7, 11) is 0. The molecule has 1 aromatic rings. The fourth-order valence-electron chi connectivity index (χ4n) is 0.931. The van der Waals surface area contributed by atoms with Crippen LogP contribution in [0.25, 0.3) is 0 Å². The van der Waals surface area contributed by atoms with Crippen molar-refractivity contribution in [2.75, 3.05) is 18.1 Å². The van der Waals surface area contributed by atoms with Crippen molar-refractivity contribution in [2.24, 2.45) is 0 Å². The quantitative estimate of drug-likeness (QED) is 0.624. The number of thioether (sulfide) groups is 1. The van der Waals surface area contributed by atoms with Gasteiger partial charge in [0, 0.05) is 18.1 Å². The van der Waals surface area contributed by atoms with Gasteiger partial charge in [-0.25, -0.2) is 0 Å². The molecule has 0 bridgehead atoms. The molecule has 0 aliphatic heterocycles. The Balaban J connectivity index is 2.29. The zero-order chi connectivity index (χ0) is 11.8. The molecule has 0 spiro atoms. The Morgan fingerprint density at radius 2 is 2.38 bits per heavy atom. The Labute approximate surface area is 103 Å². The third-order valence-corrected chi connectivity index (χ3v) is 2.80. The fourth-order valence-corrected chi connectivity index (χ4v) is 1.61. The Morgan fingerprint density at radius 1 is 1.56 bits per heavy atom. The van der Waals surface area contributed by atoms with Crippen LogP contribution in [0.4, 0.5) is 0 Å². The molecule has 1 N–H and O–H groups in total. The summed E-state index contributed by atoms with van der Waals surface area (Å²) in [4.78, 5) is 11.5. The molecule has 86 valence electrons. The molecule has 0 saturated carbocycles. The number of aromatic nitrogens is 2. The van der Waals surface area contributed by atoms with E-state index in [4.69, 9.17) is 11.6 Å². The number of halogens is 1. The molecule has 0 aromatic carbocycles. The van der Waals surface area contributed by atoms with E-state index >= 15 is 0 Å². The van der Waals surface area contributed by atoms with Gasteiger partial charge in [-0.05, 0) is 12.1 Å². The SMILES string of the molecule is C=CCSCCNC(=O)c1ccc(Cl)nn1. The van der Waals surface area contributed by atoms with Gasteiger partial charge < -0.3 is 5.32 Å². The van der Waals surface area contributed by atoms with E-state index in [0.29, 0.717) is 6.54 Å². The maximum Gasteiger partial charge on any atom is 0.271 e. The van der Waals surface area contributed by atoms with Crippen molar-refractivity contribution in [3.63, 3.8) is 0 Å². The van der Waals surface area contributed by atoms with Gasteiger partial charge in [0.15, 0.2) is 10.8 Å². The van der Waals surface area contributed by atoms with Gasteiger partial charge in [-0.2, -0.15) is 11.8 Å². The molecule has 0 radical (unpaired) electrons. The number of nitrogens with zero attached hydrogens (tertiary/aromatic N) is 2. The van der Waals surface area contributed by atoms with Crippen molar-refractivity contribution in [1.29, 1.82) is 0 Å². The van der Waals surface area contributed by atoms with Crippen molar-refractivity contribution >= 4 is 29.3 Å². The Bertz CT molecular complexity index is 356. The summed E-state index contributed by atoms with van der Waals surface area (Å²) >= 11 is 7.26. The number of rotatable bonds is 6. The molecule has 1 heterocycles. The van der Waals surface area contributed by atoms with Crippen LogP contribution in [-0.2, 0) is 0 Å². The van der Waals surface area contributed by atoms with E-state index in [1.165, 1.54) is 6.07 Å². The third-order valence-electron chi connectivity index (χ3n) is 1.63. The van der Waals surface area contributed by atoms with Crippen molar-refractivity contribution in [3.8, 4) is 0 Å². The van der Waals surface area contributed by atoms with Gasteiger partial charge in [0.05, 0.1) is 0 Å². The van der Waals surface area contributed by atoms with Crippen LogP contribution < -0.4 is 5.32 Å². The first-order valence-electron chi connectivity index (χ1n) is 4.70. The van der Waals surface area contributed by atoms with E-state index in [1.807, 2.05) is 6.08 Å². The van der Waals surface area contributed by atoms with Crippen LogP contribution in [0.3, 0.4) is 0 Å². The number of carbonyl (C=O) groups excluding carboxylic acids is 1. The minimum atomic E-state index is -0.233. The molecular weight excluding hydrogens is 246 g/mol. The third kappa shape index (κ3) is 4.63. The molecule has 1 amide bonds. The first kappa shape index (κ1) is 13.0. The number of hydrogen-bond donors (Lipinski definition) is 1. The lowest BCUT2D eigenvalue weighted by Crippen LogP contribution is -2.26. The maximum absolute atomic E-state index is 11.5. The van der Waals surface area contributed by atoms with Gasteiger partial charge in [-0.1, -0.05) is 17.7 Å². The van der Waals surface area contributed by atoms with Crippen LogP contribution in [0.1, 0.15) is 10.5 Å². The van der Waals surface area contributed by atoms with Crippen LogP contribution in [0, 0.1) is 0 Å². The first-order chi connectivity index (χ1) is 7.74. The van der Waals surface area contributed by atoms with Gasteiger partial charge in [0.25, 0.3) is 5.91 Å². The lowest BCUT2D eigenvalue weighted by atomic mass is 10.4. The van der Waals surface area contributed by atoms with Gasteiger partial charge in [0.2, 0.25) is 0 Å². The van der Waals surface area contributed by atoms with E-state index < -0.39 is 0 Å². The van der Waals surface area contributed by atoms with Crippen molar-refractivity contribution in [2.45, 2.75) is 0 Å². The van der Waals surface area contributed by atoms with Crippen molar-refractivity contribution in [3.05, 3.63) is 35.6 Å². The highest BCUT2D eigenvalue weighted by atomic mass is 35.5. The Kier molecular flexibility index (Phi) is 5.88. The Morgan fingerprint density at radius 3 is 3.00 bits per heavy atom. The number of nitrogens with one attached hydrogen (secondary N) is 1. The minimum absolute atomic E-state index is 0.233. The lowest BCUT2D eigenvalue weighted by molar-refractivity contribution is 0.0950. The average Bonchev–Trinajstić information content (AvgIpc) is 2.29. The number of hydrogen-bond acceptors (Lipinski definition) is 4. The van der Waals surface area contributed by atoms with Crippen molar-refractivity contribution < 1.29 is 4.79 Å². The molecule has 0 atom stereocenters. The molecule has 16 heavy (non-hydrogen) atoms. The molecule has 0 aliphatic rings. The van der Waals surface area contributed by atoms with Crippen molar-refractivity contribution in [1.82, 2.24) is 15.5 Å². The summed E-state index contributed by atoms with van der Waals surface area (Å²) in [6.07, 6.45) is 1.83. The predicted octanol–water partition coefficient (Wildman–Crippen LogP) is 1.78. The normalized spacial score (nSPS) is 9.81. The van der Waals surface area contributed by atoms with E-state index in [2.05, 4.69) is 22.1 Å². The van der Waals surface area contributed by atoms with Crippen LogP contribution >= 0.6 is 23.4 Å². The molecule has 0 aliphatic carbocycles. The fraction of sp³-hybridized carbons (Fsp3) is 0.300. The molecule has 0 unspecified atom stereocenters. The van der Waals surface area contributed by atoms with E-state index in [9.17, 15) is 4.79 Å². The topological polar surface area (TPSA) is 54.9 Å². The standard InChI is InChI=1S/C10H12ClN3OS/c1-2-6-16-7-5-12-10(15)8-3-4-9(11)14-13-8/h2-4H,1,5-7H2,(H,12,15). The summed E-state index contributed by atoms with van der Waals surface area (Å²) in [5, 5.41) is 10.3. The molecule has 1 rings (SSSR count). The van der Waals surface area contributed by atoms with Crippen LogP contribution in [0.5, 0.6) is 0 Å². The highest BCUT2D eigenvalue weighted by Crippen LogP contribution is 2.02. The monoisotopic (exact) mass is 257 g/mol. The molecule has 0 fully saturated rings. The maximum atomic E-state index is 11.5. The second kappa shape index (κ2) is 7.24. The molecular formula is C10H12ClN3OS. The van der Waals surface area contributed by atoms with E-state index in [-0.39, 0.29) is 16.8 Å². The first-order valence-corrected chi connectivity index (χ1v) is 6.23. The van der Waals surface area contributed by atoms with E-state index in [0.717, 1.165) is 11.5 Å². The molecule has 6 heteroatoms. The number of carbonyl (C=O) groups is 1. The smallest absolute Gasteiger partial charge is 0.271 e. The number of amides is 1. The van der Waals surface area contributed by atoms with Gasteiger partial charge in [0.1, 0.15) is 0 Å². The van der Waals surface area contributed by atoms with Crippen LogP contribution in [0.2, 0.25) is 5.15 Å². The largest absolute Gasteiger partial charge is 0.350 e. The molecule has 0 saturated heterocycles. The van der Waals surface area contributed by atoms with Gasteiger partial charge in [-0.15, -0.1) is 16.8 Å². The zero-order valence-corrected chi connectivity index (χ0v) is 10.2. The summed E-state index contributed by atoms with van der Waals surface area (Å²) in [6.45, 7) is 4.21. The van der Waals surface area contributed by atoms with E-state index in [1.54, 1.807) is 17.8 Å². The highest BCUT2D eigenvalue weighted by Gasteiger charge is 2.06. The van der Waals surface area contributed by atoms with Gasteiger partial charge in [-0.3, -0.25) is 4.79 Å². The predicted molar refractivity (Wildman–Crippen MR) is 66.9 cm³/mol. The minimum Gasteiger partial charge on any atom is -0.350 e. The Hall–Kier alpha value is -1.07. The molecule has 1 aromatic heterocycles. The second-order valence-electron chi connectivity index (χ2n) is 2.86. The highest BCUT2D eigenvalue weighted by molar-refractivity contribution is 7.99. The van der Waals surface area contributed by atoms with Gasteiger partial charge >= 0.3 is 0 Å². The van der Waals surface area contributed by atoms with Crippen LogP contribution in [-0.4, -0.2) is 34.2 Å². The lowest BCUT2D eigenvalue weighted by Gasteiger charge is -2.03.